The molecule has 3 fully saturated rings. The Morgan fingerprint density at radius 2 is 2.17 bits per heavy atom. The Morgan fingerprint density at radius 3 is 2.72 bits per heavy atom. The van der Waals surface area contributed by atoms with Gasteiger partial charge < -0.3 is 5.73 Å². The average Bonchev–Trinajstić information content (AvgIpc) is 2.83. The van der Waals surface area contributed by atoms with Crippen LogP contribution in [0.3, 0.4) is 0 Å². The predicted molar refractivity (Wildman–Crippen MR) is 71.3 cm³/mol. The van der Waals surface area contributed by atoms with Crippen LogP contribution in [0.5, 0.6) is 0 Å². The lowest BCUT2D eigenvalue weighted by molar-refractivity contribution is 0.00148. The molecule has 3 saturated heterocycles. The number of hydrogen-bond acceptors (Lipinski definition) is 4. The molecule has 2 N–H and O–H groups in total. The lowest BCUT2D eigenvalue weighted by Crippen LogP contribution is -2.65. The van der Waals surface area contributed by atoms with Crippen molar-refractivity contribution in [2.45, 2.75) is 24.9 Å². The molecule has 0 spiro atoms. The summed E-state index contributed by atoms with van der Waals surface area (Å²) in [6.45, 7) is 6.02. The van der Waals surface area contributed by atoms with Gasteiger partial charge in [0.05, 0.1) is 6.20 Å². The molecule has 2 unspecified atom stereocenters. The van der Waals surface area contributed by atoms with E-state index in [9.17, 15) is 0 Å². The monoisotopic (exact) mass is 249 g/mol. The molecule has 5 nitrogen and oxygen atoms in total. The van der Waals surface area contributed by atoms with Crippen LogP contribution in [-0.2, 0) is 13.5 Å². The second-order valence-electron chi connectivity index (χ2n) is 5.63. The van der Waals surface area contributed by atoms with Crippen molar-refractivity contribution in [3.05, 3.63) is 18.0 Å². The zero-order valence-corrected chi connectivity index (χ0v) is 11.1. The molecule has 5 heteroatoms. The number of nitrogens with two attached hydrogens (primary N) is 1. The minimum Gasteiger partial charge on any atom is -0.326 e. The number of rotatable bonds is 4. The van der Waals surface area contributed by atoms with E-state index in [2.05, 4.69) is 21.1 Å². The molecule has 0 aromatic carbocycles. The molecule has 100 valence electrons. The maximum atomic E-state index is 6.39. The molecule has 0 aliphatic carbocycles. The van der Waals surface area contributed by atoms with Crippen LogP contribution in [0.15, 0.2) is 12.4 Å². The van der Waals surface area contributed by atoms with Gasteiger partial charge in [-0.15, -0.1) is 0 Å². The third kappa shape index (κ3) is 2.43. The van der Waals surface area contributed by atoms with Crippen molar-refractivity contribution in [1.82, 2.24) is 19.6 Å². The number of hydrogen-bond donors (Lipinski definition) is 1. The highest BCUT2D eigenvalue weighted by atomic mass is 15.3. The minimum atomic E-state index is 0.285. The van der Waals surface area contributed by atoms with Gasteiger partial charge in [-0.05, 0) is 18.4 Å². The zero-order chi connectivity index (χ0) is 12.5. The van der Waals surface area contributed by atoms with Crippen LogP contribution >= 0.6 is 0 Å². The first kappa shape index (κ1) is 12.1. The summed E-state index contributed by atoms with van der Waals surface area (Å²) in [6.07, 6.45) is 6.13. The second kappa shape index (κ2) is 4.99. The molecule has 1 aromatic heterocycles. The normalized spacial score (nSPS) is 32.7. The van der Waals surface area contributed by atoms with Crippen LogP contribution in [0.25, 0.3) is 0 Å². The van der Waals surface area contributed by atoms with E-state index in [0.29, 0.717) is 6.04 Å². The molecule has 3 aliphatic rings. The third-order valence-corrected chi connectivity index (χ3v) is 4.34. The molecule has 18 heavy (non-hydrogen) atoms. The van der Waals surface area contributed by atoms with Crippen LogP contribution in [0.4, 0.5) is 0 Å². The standard InChI is InChI=1S/C13H23N5/c1-16-9-11(8-15-16)2-3-12(14)13-10-17-4-6-18(13)7-5-17/h8-9,12-13H,2-7,10,14H2,1H3. The van der Waals surface area contributed by atoms with Gasteiger partial charge >= 0.3 is 0 Å². The first-order valence-corrected chi connectivity index (χ1v) is 6.92. The van der Waals surface area contributed by atoms with Gasteiger partial charge in [-0.25, -0.2) is 0 Å². The number of piperazine rings is 3. The predicted octanol–water partition coefficient (Wildman–Crippen LogP) is -0.320. The summed E-state index contributed by atoms with van der Waals surface area (Å²) in [5.41, 5.74) is 7.69. The summed E-state index contributed by atoms with van der Waals surface area (Å²) >= 11 is 0. The fourth-order valence-corrected chi connectivity index (χ4v) is 3.19. The Bertz CT molecular complexity index is 394. The van der Waals surface area contributed by atoms with E-state index in [0.717, 1.165) is 19.4 Å². The van der Waals surface area contributed by atoms with Crippen LogP contribution in [0, 0.1) is 0 Å². The summed E-state index contributed by atoms with van der Waals surface area (Å²) in [4.78, 5) is 5.13. The van der Waals surface area contributed by atoms with Crippen LogP contribution in [-0.4, -0.2) is 64.4 Å². The fraction of sp³-hybridized carbons (Fsp3) is 0.769. The van der Waals surface area contributed by atoms with E-state index in [4.69, 9.17) is 5.73 Å². The first-order valence-electron chi connectivity index (χ1n) is 6.92. The van der Waals surface area contributed by atoms with Crippen molar-refractivity contribution in [2.24, 2.45) is 12.8 Å². The van der Waals surface area contributed by atoms with Crippen molar-refractivity contribution in [3.63, 3.8) is 0 Å². The summed E-state index contributed by atoms with van der Waals surface area (Å²) in [6, 6.07) is 0.845. The molecule has 0 radical (unpaired) electrons. The van der Waals surface area contributed by atoms with Gasteiger partial charge in [-0.1, -0.05) is 0 Å². The molecule has 4 rings (SSSR count). The van der Waals surface area contributed by atoms with Crippen LogP contribution < -0.4 is 5.73 Å². The highest BCUT2D eigenvalue weighted by Crippen LogP contribution is 2.19. The number of aryl methyl sites for hydroxylation is 2. The van der Waals surface area contributed by atoms with Crippen molar-refractivity contribution in [1.29, 1.82) is 0 Å². The van der Waals surface area contributed by atoms with Gasteiger partial charge in [-0.3, -0.25) is 14.5 Å². The lowest BCUT2D eigenvalue weighted by Gasteiger charge is -2.49. The molecule has 1 aromatic rings. The molecule has 0 amide bonds. The summed E-state index contributed by atoms with van der Waals surface area (Å²) in [5.74, 6) is 0. The van der Waals surface area contributed by atoms with E-state index < -0.39 is 0 Å². The maximum absolute atomic E-state index is 6.39. The Labute approximate surface area is 109 Å². The molecule has 3 aliphatic heterocycles. The Kier molecular flexibility index (Phi) is 3.37. The van der Waals surface area contributed by atoms with Crippen molar-refractivity contribution in [3.8, 4) is 0 Å². The summed E-state index contributed by atoms with van der Waals surface area (Å²) in [5, 5.41) is 4.20. The van der Waals surface area contributed by atoms with E-state index >= 15 is 0 Å². The minimum absolute atomic E-state index is 0.285. The summed E-state index contributed by atoms with van der Waals surface area (Å²) < 4.78 is 1.86. The van der Waals surface area contributed by atoms with E-state index in [1.165, 1.54) is 31.7 Å². The van der Waals surface area contributed by atoms with Gasteiger partial charge in [0.1, 0.15) is 0 Å². The number of aromatic nitrogens is 2. The Morgan fingerprint density at radius 1 is 1.39 bits per heavy atom. The zero-order valence-electron chi connectivity index (χ0n) is 11.1. The summed E-state index contributed by atoms with van der Waals surface area (Å²) in [7, 11) is 1.96. The largest absolute Gasteiger partial charge is 0.326 e. The van der Waals surface area contributed by atoms with E-state index in [1.54, 1.807) is 0 Å². The highest BCUT2D eigenvalue weighted by molar-refractivity contribution is 5.05. The molecule has 2 atom stereocenters. The molecule has 0 saturated carbocycles. The Balaban J connectivity index is 1.53. The van der Waals surface area contributed by atoms with Gasteiger partial charge in [0.25, 0.3) is 0 Å². The van der Waals surface area contributed by atoms with Crippen molar-refractivity contribution >= 4 is 0 Å². The van der Waals surface area contributed by atoms with Crippen molar-refractivity contribution in [2.75, 3.05) is 32.7 Å². The third-order valence-electron chi connectivity index (χ3n) is 4.34. The van der Waals surface area contributed by atoms with Gasteiger partial charge in [0.2, 0.25) is 0 Å². The van der Waals surface area contributed by atoms with Gasteiger partial charge in [0, 0.05) is 58.1 Å². The number of fused-ring (bicyclic) bond motifs is 3. The second-order valence-corrected chi connectivity index (χ2v) is 5.63. The molecule has 4 heterocycles. The Hall–Kier alpha value is -0.910. The lowest BCUT2D eigenvalue weighted by atomic mass is 9.96. The molecular formula is C13H23N5. The van der Waals surface area contributed by atoms with Crippen LogP contribution in [0.2, 0.25) is 0 Å². The van der Waals surface area contributed by atoms with Crippen molar-refractivity contribution < 1.29 is 0 Å². The smallest absolute Gasteiger partial charge is 0.0521 e. The van der Waals surface area contributed by atoms with E-state index in [-0.39, 0.29) is 6.04 Å². The average molecular weight is 249 g/mol. The topological polar surface area (TPSA) is 50.3 Å². The van der Waals surface area contributed by atoms with Crippen LogP contribution in [0.1, 0.15) is 12.0 Å². The fourth-order valence-electron chi connectivity index (χ4n) is 3.19. The SMILES string of the molecule is Cn1cc(CCC(N)C2CN3CCN2CC3)cn1. The first-order chi connectivity index (χ1) is 8.72. The van der Waals surface area contributed by atoms with Gasteiger partial charge in [0.15, 0.2) is 0 Å². The highest BCUT2D eigenvalue weighted by Gasteiger charge is 2.34. The quantitative estimate of drug-likeness (QED) is 0.794. The molecule has 2 bridgehead atoms. The van der Waals surface area contributed by atoms with Gasteiger partial charge in [-0.2, -0.15) is 5.10 Å². The van der Waals surface area contributed by atoms with E-state index in [1.807, 2.05) is 17.9 Å². The molecular weight excluding hydrogens is 226 g/mol. The number of nitrogens with zero attached hydrogens (tertiary/aromatic N) is 4. The maximum Gasteiger partial charge on any atom is 0.0521 e.